The van der Waals surface area contributed by atoms with Crippen molar-refractivity contribution in [2.45, 2.75) is 95.3 Å². The lowest BCUT2D eigenvalue weighted by Crippen LogP contribution is -2.19. The predicted octanol–water partition coefficient (Wildman–Crippen LogP) is 14.4. The first-order chi connectivity index (χ1) is 24.6. The maximum atomic E-state index is 2.64. The predicted molar refractivity (Wildman–Crippen MR) is 213 cm³/mol. The zero-order valence-electron chi connectivity index (χ0n) is 29.8. The summed E-state index contributed by atoms with van der Waals surface area (Å²) in [5, 5.41) is 2.63. The maximum Gasteiger partial charge on any atom is 0.0575 e. The molecule has 3 aliphatic carbocycles. The molecular formula is C49H49N. The summed E-state index contributed by atoms with van der Waals surface area (Å²) in [7, 11) is 0. The van der Waals surface area contributed by atoms with Gasteiger partial charge in [0.05, 0.1) is 11.4 Å². The normalized spacial score (nSPS) is 17.4. The minimum Gasteiger partial charge on any atom is -0.309 e. The molecule has 0 unspecified atom stereocenters. The topological polar surface area (TPSA) is 3.24 Å². The highest BCUT2D eigenvalue weighted by molar-refractivity contribution is 6.03. The molecule has 0 atom stereocenters. The van der Waals surface area contributed by atoms with Crippen molar-refractivity contribution in [3.8, 4) is 22.3 Å². The number of hydrogen-bond acceptors (Lipinski definition) is 1. The van der Waals surface area contributed by atoms with Crippen LogP contribution in [0, 0.1) is 0 Å². The van der Waals surface area contributed by atoms with Gasteiger partial charge in [0, 0.05) is 22.1 Å². The summed E-state index contributed by atoms with van der Waals surface area (Å²) in [6.45, 7) is 4.92. The van der Waals surface area contributed by atoms with Gasteiger partial charge in [0.15, 0.2) is 0 Å². The van der Waals surface area contributed by atoms with E-state index in [0.29, 0.717) is 11.8 Å². The quantitative estimate of drug-likeness (QED) is 0.173. The van der Waals surface area contributed by atoms with Gasteiger partial charge in [-0.05, 0) is 100 Å². The van der Waals surface area contributed by atoms with Crippen LogP contribution in [0.4, 0.5) is 17.1 Å². The lowest BCUT2D eigenvalue weighted by Gasteiger charge is -2.34. The Kier molecular flexibility index (Phi) is 8.11. The number of fused-ring (bicyclic) bond motifs is 4. The Morgan fingerprint density at radius 2 is 1.16 bits per heavy atom. The molecule has 0 aromatic heterocycles. The van der Waals surface area contributed by atoms with E-state index in [1.54, 1.807) is 5.56 Å². The van der Waals surface area contributed by atoms with Crippen molar-refractivity contribution in [2.24, 2.45) is 0 Å². The second kappa shape index (κ2) is 12.9. The van der Waals surface area contributed by atoms with E-state index in [1.165, 1.54) is 131 Å². The van der Waals surface area contributed by atoms with Crippen LogP contribution in [-0.4, -0.2) is 0 Å². The summed E-state index contributed by atoms with van der Waals surface area (Å²) in [5.74, 6) is 1.27. The van der Waals surface area contributed by atoms with Crippen molar-refractivity contribution in [1.82, 2.24) is 0 Å². The van der Waals surface area contributed by atoms with Crippen LogP contribution in [0.2, 0.25) is 0 Å². The minimum absolute atomic E-state index is 0.0824. The monoisotopic (exact) mass is 651 g/mol. The number of hydrogen-bond donors (Lipinski definition) is 0. The average Bonchev–Trinajstić information content (AvgIpc) is 3.41. The molecule has 0 amide bonds. The summed E-state index contributed by atoms with van der Waals surface area (Å²) < 4.78 is 0. The van der Waals surface area contributed by atoms with E-state index in [4.69, 9.17) is 0 Å². The molecule has 50 heavy (non-hydrogen) atoms. The molecule has 3 aliphatic rings. The fourth-order valence-corrected chi connectivity index (χ4v) is 9.76. The van der Waals surface area contributed by atoms with Crippen LogP contribution in [-0.2, 0) is 5.41 Å². The molecule has 6 aromatic carbocycles. The third kappa shape index (κ3) is 5.38. The van der Waals surface area contributed by atoms with Gasteiger partial charge in [-0.15, -0.1) is 0 Å². The molecule has 0 N–H and O–H groups in total. The number of rotatable bonds is 6. The van der Waals surface area contributed by atoms with Gasteiger partial charge in [-0.1, -0.05) is 162 Å². The molecule has 6 aromatic rings. The SMILES string of the molecule is CC1(C)c2cc(C3CCCCC3)ccc2-c2ccc(N(c3ccccc3-c3ccccc3)c3c(C4CCCCC4)ccc4ccccc34)cc21. The first-order valence-corrected chi connectivity index (χ1v) is 19.3. The van der Waals surface area contributed by atoms with Crippen LogP contribution in [0.25, 0.3) is 33.0 Å². The first-order valence-electron chi connectivity index (χ1n) is 19.3. The molecular weight excluding hydrogens is 603 g/mol. The van der Waals surface area contributed by atoms with Crippen LogP contribution in [0.3, 0.4) is 0 Å². The molecule has 2 saturated carbocycles. The van der Waals surface area contributed by atoms with E-state index in [2.05, 4.69) is 146 Å². The molecule has 0 bridgehead atoms. The Balaban J connectivity index is 1.27. The third-order valence-corrected chi connectivity index (χ3v) is 12.4. The number of nitrogens with zero attached hydrogens (tertiary/aromatic N) is 1. The molecule has 250 valence electrons. The molecule has 0 heterocycles. The van der Waals surface area contributed by atoms with Crippen molar-refractivity contribution >= 4 is 27.8 Å². The second-order valence-electron chi connectivity index (χ2n) is 15.8. The van der Waals surface area contributed by atoms with Crippen LogP contribution < -0.4 is 4.90 Å². The maximum absolute atomic E-state index is 2.64. The zero-order valence-corrected chi connectivity index (χ0v) is 29.8. The largest absolute Gasteiger partial charge is 0.309 e. The molecule has 0 radical (unpaired) electrons. The van der Waals surface area contributed by atoms with Crippen molar-refractivity contribution in [1.29, 1.82) is 0 Å². The van der Waals surface area contributed by atoms with E-state index in [9.17, 15) is 0 Å². The van der Waals surface area contributed by atoms with Gasteiger partial charge in [-0.25, -0.2) is 0 Å². The van der Waals surface area contributed by atoms with Crippen LogP contribution in [0.5, 0.6) is 0 Å². The van der Waals surface area contributed by atoms with E-state index >= 15 is 0 Å². The summed E-state index contributed by atoms with van der Waals surface area (Å²) in [5.41, 5.74) is 15.0. The summed E-state index contributed by atoms with van der Waals surface area (Å²) in [4.78, 5) is 2.64. The molecule has 0 saturated heterocycles. The Labute approximate surface area is 299 Å². The molecule has 1 heteroatoms. The van der Waals surface area contributed by atoms with Crippen LogP contribution >= 0.6 is 0 Å². The van der Waals surface area contributed by atoms with E-state index in [1.807, 2.05) is 0 Å². The van der Waals surface area contributed by atoms with Crippen LogP contribution in [0.1, 0.15) is 112 Å². The highest BCUT2D eigenvalue weighted by atomic mass is 15.1. The summed E-state index contributed by atoms with van der Waals surface area (Å²) in [6.07, 6.45) is 13.3. The van der Waals surface area contributed by atoms with E-state index < -0.39 is 0 Å². The fourth-order valence-electron chi connectivity index (χ4n) is 9.76. The van der Waals surface area contributed by atoms with Gasteiger partial charge in [-0.2, -0.15) is 0 Å². The number of benzene rings is 6. The van der Waals surface area contributed by atoms with E-state index in [0.717, 1.165) is 0 Å². The summed E-state index contributed by atoms with van der Waals surface area (Å²) >= 11 is 0. The van der Waals surface area contributed by atoms with Crippen molar-refractivity contribution in [2.75, 3.05) is 4.90 Å². The van der Waals surface area contributed by atoms with Gasteiger partial charge in [-0.3, -0.25) is 0 Å². The molecule has 9 rings (SSSR count). The zero-order chi connectivity index (χ0) is 33.7. The minimum atomic E-state index is -0.0824. The van der Waals surface area contributed by atoms with Gasteiger partial charge >= 0.3 is 0 Å². The Morgan fingerprint density at radius 1 is 0.520 bits per heavy atom. The number of anilines is 3. The Morgan fingerprint density at radius 3 is 1.94 bits per heavy atom. The smallest absolute Gasteiger partial charge is 0.0575 e. The van der Waals surface area contributed by atoms with Gasteiger partial charge < -0.3 is 4.90 Å². The molecule has 1 nitrogen and oxygen atoms in total. The highest BCUT2D eigenvalue weighted by Crippen LogP contribution is 2.54. The Bertz CT molecular complexity index is 2160. The number of para-hydroxylation sites is 1. The fraction of sp³-hybridized carbons (Fsp3) is 0.306. The lowest BCUT2D eigenvalue weighted by molar-refractivity contribution is 0.443. The van der Waals surface area contributed by atoms with Crippen LogP contribution in [0.15, 0.2) is 127 Å². The highest BCUT2D eigenvalue weighted by Gasteiger charge is 2.37. The van der Waals surface area contributed by atoms with Gasteiger partial charge in [0.1, 0.15) is 0 Å². The van der Waals surface area contributed by atoms with Crippen molar-refractivity contribution < 1.29 is 0 Å². The molecule has 2 fully saturated rings. The van der Waals surface area contributed by atoms with Crippen molar-refractivity contribution in [3.63, 3.8) is 0 Å². The molecule has 0 aliphatic heterocycles. The van der Waals surface area contributed by atoms with Gasteiger partial charge in [0.25, 0.3) is 0 Å². The Hall–Kier alpha value is -4.62. The summed E-state index contributed by atoms with van der Waals surface area (Å²) in [6, 6.07) is 48.8. The average molecular weight is 652 g/mol. The standard InChI is InChI=1S/C49H49N/c1-49(2)45-32-38(34-16-6-3-7-17-34)27-30-43(45)44-31-28-39(33-46(44)49)50(47-25-15-14-23-40(47)35-18-8-4-9-19-35)48-41-24-13-12-22-37(41)26-29-42(48)36-20-10-5-11-21-36/h4,8-9,12-15,18-19,22-34,36H,3,5-7,10-11,16-17,20-21H2,1-2H3. The second-order valence-corrected chi connectivity index (χ2v) is 15.8. The van der Waals surface area contributed by atoms with E-state index in [-0.39, 0.29) is 5.41 Å². The lowest BCUT2D eigenvalue weighted by atomic mass is 9.78. The third-order valence-electron chi connectivity index (χ3n) is 12.4. The molecule has 0 spiro atoms. The van der Waals surface area contributed by atoms with Crippen molar-refractivity contribution in [3.05, 3.63) is 150 Å². The first kappa shape index (κ1) is 31.4. The van der Waals surface area contributed by atoms with Gasteiger partial charge in [0.2, 0.25) is 0 Å².